The van der Waals surface area contributed by atoms with Crippen molar-refractivity contribution in [2.75, 3.05) is 41.7 Å². The summed E-state index contributed by atoms with van der Waals surface area (Å²) in [7, 11) is 0. The summed E-state index contributed by atoms with van der Waals surface area (Å²) in [6, 6.07) is 8.34. The number of hydrogen-bond acceptors (Lipinski definition) is 9. The van der Waals surface area contributed by atoms with Crippen LogP contribution in [0.2, 0.25) is 0 Å². The highest BCUT2D eigenvalue weighted by Crippen LogP contribution is 2.34. The van der Waals surface area contributed by atoms with Crippen molar-refractivity contribution in [1.29, 1.82) is 0 Å². The van der Waals surface area contributed by atoms with Crippen LogP contribution in [-0.4, -0.2) is 65.2 Å². The number of aryl methyl sites for hydroxylation is 2. The van der Waals surface area contributed by atoms with E-state index in [1.807, 2.05) is 13.0 Å². The highest BCUT2D eigenvalue weighted by atomic mass is 32.2. The number of ether oxygens (including phenoxy) is 1. The highest BCUT2D eigenvalue weighted by Gasteiger charge is 2.32. The molecular formula is C33H52N6O2S. The number of piperidine rings is 1. The summed E-state index contributed by atoms with van der Waals surface area (Å²) in [5.74, 6) is 2.22. The van der Waals surface area contributed by atoms with Crippen molar-refractivity contribution in [1.82, 2.24) is 9.97 Å². The fourth-order valence-electron chi connectivity index (χ4n) is 5.60. The van der Waals surface area contributed by atoms with Gasteiger partial charge in [-0.3, -0.25) is 0 Å². The first-order chi connectivity index (χ1) is 20.4. The van der Waals surface area contributed by atoms with Crippen molar-refractivity contribution in [2.24, 2.45) is 16.1 Å². The van der Waals surface area contributed by atoms with E-state index in [-0.39, 0.29) is 12.2 Å². The Kier molecular flexibility index (Phi) is 14.8. The molecule has 1 fully saturated rings. The predicted octanol–water partition coefficient (Wildman–Crippen LogP) is 7.25. The lowest BCUT2D eigenvalue weighted by Gasteiger charge is -2.41. The van der Waals surface area contributed by atoms with E-state index in [1.165, 1.54) is 44.1 Å². The molecule has 2 heterocycles. The molecule has 3 rings (SSSR count). The maximum Gasteiger partial charge on any atom is 0.125 e. The zero-order valence-electron chi connectivity index (χ0n) is 26.3. The second-order valence-electron chi connectivity index (χ2n) is 11.5. The molecule has 1 saturated heterocycles. The number of aliphatic hydroxyl groups is 1. The van der Waals surface area contributed by atoms with Gasteiger partial charge < -0.3 is 19.5 Å². The van der Waals surface area contributed by atoms with Crippen molar-refractivity contribution in [3.05, 3.63) is 47.5 Å². The molecule has 232 valence electrons. The molecule has 9 heteroatoms. The van der Waals surface area contributed by atoms with E-state index in [0.717, 1.165) is 85.5 Å². The summed E-state index contributed by atoms with van der Waals surface area (Å²) in [6.07, 6.45) is 12.8. The number of aliphatic hydroxyl groups excluding tert-OH is 1. The highest BCUT2D eigenvalue weighted by molar-refractivity contribution is 8.00. The molecule has 2 N–H and O–H groups in total. The Balaban J connectivity index is 1.70. The number of rotatable bonds is 19. The Morgan fingerprint density at radius 2 is 2.00 bits per heavy atom. The quantitative estimate of drug-likeness (QED) is 0.0763. The normalized spacial score (nSPS) is 15.9. The SMILES string of the molecule is C=N/N=C(\CCc1ccnc(C)n1)c1ccc(NSCCO)cc1N1CCC(C)(OCCCC(CC)CCCC)CC1. The topological polar surface area (TPSA) is 95.2 Å². The molecule has 2 aromatic rings. The molecule has 1 aromatic carbocycles. The van der Waals surface area contributed by atoms with Gasteiger partial charge in [0, 0.05) is 61.0 Å². The van der Waals surface area contributed by atoms with E-state index in [9.17, 15) is 5.11 Å². The molecule has 1 atom stereocenters. The number of nitrogens with zero attached hydrogens (tertiary/aromatic N) is 5. The lowest BCUT2D eigenvalue weighted by molar-refractivity contribution is -0.0500. The van der Waals surface area contributed by atoms with Gasteiger partial charge in [0.2, 0.25) is 0 Å². The van der Waals surface area contributed by atoms with Crippen LogP contribution < -0.4 is 9.62 Å². The molecule has 0 saturated carbocycles. The van der Waals surface area contributed by atoms with Crippen molar-refractivity contribution in [2.45, 2.75) is 97.5 Å². The third-order valence-corrected chi connectivity index (χ3v) is 9.01. The van der Waals surface area contributed by atoms with Crippen molar-refractivity contribution in [3.63, 3.8) is 0 Å². The minimum atomic E-state index is -0.0981. The van der Waals surface area contributed by atoms with E-state index < -0.39 is 0 Å². The molecule has 1 aliphatic rings. The first-order valence-electron chi connectivity index (χ1n) is 15.7. The fourth-order valence-corrected chi connectivity index (χ4v) is 6.08. The van der Waals surface area contributed by atoms with Crippen LogP contribution in [-0.2, 0) is 11.2 Å². The van der Waals surface area contributed by atoms with Gasteiger partial charge in [-0.2, -0.15) is 10.2 Å². The average Bonchev–Trinajstić information content (AvgIpc) is 2.99. The maximum atomic E-state index is 9.23. The van der Waals surface area contributed by atoms with Gasteiger partial charge in [-0.1, -0.05) is 51.5 Å². The van der Waals surface area contributed by atoms with Crippen LogP contribution in [0.4, 0.5) is 11.4 Å². The Morgan fingerprint density at radius 1 is 1.21 bits per heavy atom. The Labute approximate surface area is 258 Å². The summed E-state index contributed by atoms with van der Waals surface area (Å²) in [5, 5.41) is 17.6. The van der Waals surface area contributed by atoms with Gasteiger partial charge in [-0.05, 0) is 82.6 Å². The Hall–Kier alpha value is -2.49. The van der Waals surface area contributed by atoms with Crippen LogP contribution in [0.25, 0.3) is 0 Å². The molecule has 1 aliphatic heterocycles. The van der Waals surface area contributed by atoms with Gasteiger partial charge in [0.1, 0.15) is 5.82 Å². The van der Waals surface area contributed by atoms with Crippen LogP contribution in [0.15, 0.2) is 40.7 Å². The van der Waals surface area contributed by atoms with Gasteiger partial charge >= 0.3 is 0 Å². The van der Waals surface area contributed by atoms with E-state index >= 15 is 0 Å². The Bertz CT molecular complexity index is 1120. The Morgan fingerprint density at radius 3 is 2.69 bits per heavy atom. The molecular weight excluding hydrogens is 544 g/mol. The standard InChI is InChI=1S/C33H52N6O2S/c1-6-8-10-27(7-2)11-9-23-41-33(4)17-20-39(21-18-33)32-25-29(38-42-24-22-40)12-14-30(32)31(37-34-5)15-13-28-16-19-35-26(3)36-28/h12,14,16,19,25,27,38,40H,5-11,13,15,17-18,20-24H2,1-4H3/b37-31+. The van der Waals surface area contributed by atoms with E-state index in [0.29, 0.717) is 12.2 Å². The van der Waals surface area contributed by atoms with Gasteiger partial charge in [-0.25, -0.2) is 9.97 Å². The minimum Gasteiger partial charge on any atom is -0.395 e. The zero-order chi connectivity index (χ0) is 30.2. The molecule has 0 bridgehead atoms. The number of benzene rings is 1. The summed E-state index contributed by atoms with van der Waals surface area (Å²) >= 11 is 1.50. The van der Waals surface area contributed by atoms with Crippen LogP contribution in [0, 0.1) is 12.8 Å². The summed E-state index contributed by atoms with van der Waals surface area (Å²) in [5.41, 5.74) is 4.98. The van der Waals surface area contributed by atoms with Crippen LogP contribution in [0.1, 0.15) is 95.6 Å². The molecule has 1 unspecified atom stereocenters. The lowest BCUT2D eigenvalue weighted by Crippen LogP contribution is -2.45. The molecule has 1 aromatic heterocycles. The summed E-state index contributed by atoms with van der Waals surface area (Å²) < 4.78 is 9.91. The van der Waals surface area contributed by atoms with Crippen molar-refractivity contribution < 1.29 is 9.84 Å². The molecule has 8 nitrogen and oxygen atoms in total. The zero-order valence-corrected chi connectivity index (χ0v) is 27.1. The first kappa shape index (κ1) is 34.0. The molecule has 42 heavy (non-hydrogen) atoms. The second kappa shape index (κ2) is 18.2. The largest absolute Gasteiger partial charge is 0.395 e. The molecule has 0 aliphatic carbocycles. The van der Waals surface area contributed by atoms with E-state index in [1.54, 1.807) is 6.20 Å². The van der Waals surface area contributed by atoms with Crippen LogP contribution in [0.3, 0.4) is 0 Å². The number of anilines is 2. The summed E-state index contributed by atoms with van der Waals surface area (Å²) in [6.45, 7) is 15.2. The second-order valence-corrected chi connectivity index (χ2v) is 12.4. The molecule has 0 radical (unpaired) electrons. The summed E-state index contributed by atoms with van der Waals surface area (Å²) in [4.78, 5) is 11.2. The number of aromatic nitrogens is 2. The van der Waals surface area contributed by atoms with Crippen LogP contribution >= 0.6 is 11.9 Å². The number of nitrogens with one attached hydrogen (secondary N) is 1. The third kappa shape index (κ3) is 11.0. The van der Waals surface area contributed by atoms with Gasteiger partial charge in [0.15, 0.2) is 0 Å². The van der Waals surface area contributed by atoms with Gasteiger partial charge in [-0.15, -0.1) is 0 Å². The fraction of sp³-hybridized carbons (Fsp3) is 0.636. The maximum absolute atomic E-state index is 9.23. The number of unbranched alkanes of at least 4 members (excludes halogenated alkanes) is 1. The minimum absolute atomic E-state index is 0.0981. The predicted molar refractivity (Wildman–Crippen MR) is 179 cm³/mol. The first-order valence-corrected chi connectivity index (χ1v) is 16.7. The van der Waals surface area contributed by atoms with Crippen LogP contribution in [0.5, 0.6) is 0 Å². The molecule has 0 spiro atoms. The smallest absolute Gasteiger partial charge is 0.125 e. The van der Waals surface area contributed by atoms with E-state index in [4.69, 9.17) is 4.74 Å². The number of hydrogen-bond donors (Lipinski definition) is 2. The lowest BCUT2D eigenvalue weighted by atomic mass is 9.91. The van der Waals surface area contributed by atoms with Crippen molar-refractivity contribution in [3.8, 4) is 0 Å². The van der Waals surface area contributed by atoms with Crippen molar-refractivity contribution >= 4 is 35.8 Å². The third-order valence-electron chi connectivity index (χ3n) is 8.25. The van der Waals surface area contributed by atoms with Gasteiger partial charge in [0.25, 0.3) is 0 Å². The average molecular weight is 597 g/mol. The van der Waals surface area contributed by atoms with E-state index in [2.05, 4.69) is 75.5 Å². The monoisotopic (exact) mass is 596 g/mol. The van der Waals surface area contributed by atoms with Gasteiger partial charge in [0.05, 0.1) is 17.9 Å². The molecule has 0 amide bonds.